The maximum absolute atomic E-state index is 12.6. The minimum absolute atomic E-state index is 0.176. The number of aliphatic hydroxyl groups is 1. The lowest BCUT2D eigenvalue weighted by atomic mass is 9.99. The molecule has 21 heavy (non-hydrogen) atoms. The predicted molar refractivity (Wildman–Crippen MR) is 80.7 cm³/mol. The fourth-order valence-electron chi connectivity index (χ4n) is 2.52. The highest BCUT2D eigenvalue weighted by Gasteiger charge is 2.29. The van der Waals surface area contributed by atoms with E-state index in [1.807, 2.05) is 0 Å². The first-order chi connectivity index (χ1) is 9.98. The first-order valence-electron chi connectivity index (χ1n) is 6.87. The molecule has 0 amide bonds. The second-order valence-electron chi connectivity index (χ2n) is 5.21. The number of piperidine rings is 1. The van der Waals surface area contributed by atoms with Gasteiger partial charge in [0.05, 0.1) is 11.5 Å². The van der Waals surface area contributed by atoms with Crippen LogP contribution < -0.4 is 0 Å². The Hall–Kier alpha value is -0.660. The summed E-state index contributed by atoms with van der Waals surface area (Å²) >= 11 is 5.98. The molecule has 0 saturated carbocycles. The van der Waals surface area contributed by atoms with E-state index in [9.17, 15) is 8.42 Å². The molecule has 0 unspecified atom stereocenters. The van der Waals surface area contributed by atoms with Crippen molar-refractivity contribution in [1.82, 2.24) is 4.31 Å². The van der Waals surface area contributed by atoms with Crippen LogP contribution in [-0.2, 0) is 21.4 Å². The molecule has 1 aliphatic heterocycles. The maximum atomic E-state index is 12.6. The van der Waals surface area contributed by atoms with Crippen molar-refractivity contribution in [2.75, 3.05) is 26.8 Å². The molecule has 7 heteroatoms. The van der Waals surface area contributed by atoms with E-state index in [0.29, 0.717) is 31.2 Å². The fraction of sp³-hybridized carbons (Fsp3) is 0.571. The Morgan fingerprint density at radius 2 is 2.05 bits per heavy atom. The summed E-state index contributed by atoms with van der Waals surface area (Å²) in [7, 11) is -1.86. The van der Waals surface area contributed by atoms with Gasteiger partial charge in [-0.05, 0) is 36.5 Å². The Bertz CT molecular complexity index is 583. The van der Waals surface area contributed by atoms with E-state index in [4.69, 9.17) is 21.4 Å². The van der Waals surface area contributed by atoms with Crippen molar-refractivity contribution in [3.63, 3.8) is 0 Å². The number of benzene rings is 1. The van der Waals surface area contributed by atoms with Crippen LogP contribution in [0.3, 0.4) is 0 Å². The number of halogens is 1. The zero-order valence-electron chi connectivity index (χ0n) is 12.0. The Balaban J connectivity index is 2.14. The largest absolute Gasteiger partial charge is 0.392 e. The summed E-state index contributed by atoms with van der Waals surface area (Å²) in [5.41, 5.74) is 0.523. The standard InChI is InChI=1S/C14H20ClNO4S/c1-20-10-11-4-6-16(7-5-11)21(18,19)13-3-2-12(9-17)14(15)8-13/h2-3,8,11,17H,4-7,9-10H2,1H3. The van der Waals surface area contributed by atoms with Crippen molar-refractivity contribution in [2.24, 2.45) is 5.92 Å². The molecule has 1 heterocycles. The van der Waals surface area contributed by atoms with Crippen LogP contribution in [-0.4, -0.2) is 44.6 Å². The van der Waals surface area contributed by atoms with E-state index in [-0.39, 0.29) is 16.5 Å². The van der Waals surface area contributed by atoms with E-state index >= 15 is 0 Å². The molecule has 1 fully saturated rings. The molecule has 5 nitrogen and oxygen atoms in total. The molecule has 0 bridgehead atoms. The van der Waals surface area contributed by atoms with Gasteiger partial charge in [0, 0.05) is 31.8 Å². The first-order valence-corrected chi connectivity index (χ1v) is 8.69. The summed E-state index contributed by atoms with van der Waals surface area (Å²) in [5, 5.41) is 9.36. The van der Waals surface area contributed by atoms with Crippen LogP contribution in [0.4, 0.5) is 0 Å². The van der Waals surface area contributed by atoms with Gasteiger partial charge in [-0.3, -0.25) is 0 Å². The third-order valence-electron chi connectivity index (χ3n) is 3.81. The average molecular weight is 334 g/mol. The lowest BCUT2D eigenvalue weighted by Crippen LogP contribution is -2.39. The monoisotopic (exact) mass is 333 g/mol. The van der Waals surface area contributed by atoms with Gasteiger partial charge < -0.3 is 9.84 Å². The van der Waals surface area contributed by atoms with E-state index in [0.717, 1.165) is 12.8 Å². The number of ether oxygens (including phenoxy) is 1. The average Bonchev–Trinajstić information content (AvgIpc) is 2.48. The number of rotatable bonds is 5. The molecule has 0 atom stereocenters. The molecule has 1 aliphatic rings. The second-order valence-corrected chi connectivity index (χ2v) is 7.56. The van der Waals surface area contributed by atoms with Gasteiger partial charge in [-0.15, -0.1) is 0 Å². The van der Waals surface area contributed by atoms with Gasteiger partial charge >= 0.3 is 0 Å². The molecule has 1 aromatic carbocycles. The minimum Gasteiger partial charge on any atom is -0.392 e. The summed E-state index contributed by atoms with van der Waals surface area (Å²) in [6, 6.07) is 4.45. The Kier molecular flexibility index (Phi) is 5.62. The van der Waals surface area contributed by atoms with Crippen molar-refractivity contribution >= 4 is 21.6 Å². The highest BCUT2D eigenvalue weighted by molar-refractivity contribution is 7.89. The Morgan fingerprint density at radius 1 is 1.38 bits per heavy atom. The molecule has 0 aliphatic carbocycles. The lowest BCUT2D eigenvalue weighted by Gasteiger charge is -2.30. The van der Waals surface area contributed by atoms with Crippen molar-refractivity contribution in [2.45, 2.75) is 24.3 Å². The quantitative estimate of drug-likeness (QED) is 0.893. The van der Waals surface area contributed by atoms with Gasteiger partial charge in [-0.2, -0.15) is 4.31 Å². The van der Waals surface area contributed by atoms with Crippen molar-refractivity contribution in [3.8, 4) is 0 Å². The molecule has 1 saturated heterocycles. The summed E-state index contributed by atoms with van der Waals surface area (Å²) in [6.07, 6.45) is 1.60. The van der Waals surface area contributed by atoms with Crippen LogP contribution in [0, 0.1) is 5.92 Å². The zero-order valence-corrected chi connectivity index (χ0v) is 13.5. The summed E-state index contributed by atoms with van der Waals surface area (Å²) in [4.78, 5) is 0.176. The minimum atomic E-state index is -3.52. The summed E-state index contributed by atoms with van der Waals surface area (Å²) in [6.45, 7) is 1.46. The summed E-state index contributed by atoms with van der Waals surface area (Å²) in [5.74, 6) is 0.418. The van der Waals surface area contributed by atoms with Gasteiger partial charge in [0.25, 0.3) is 0 Å². The van der Waals surface area contributed by atoms with Gasteiger partial charge in [-0.1, -0.05) is 17.7 Å². The smallest absolute Gasteiger partial charge is 0.243 e. The van der Waals surface area contributed by atoms with E-state index in [1.165, 1.54) is 16.4 Å². The van der Waals surface area contributed by atoms with Crippen LogP contribution in [0.5, 0.6) is 0 Å². The Morgan fingerprint density at radius 3 is 2.57 bits per heavy atom. The van der Waals surface area contributed by atoms with Gasteiger partial charge in [0.2, 0.25) is 10.0 Å². The topological polar surface area (TPSA) is 66.8 Å². The number of hydrogen-bond acceptors (Lipinski definition) is 4. The third-order valence-corrected chi connectivity index (χ3v) is 6.06. The summed E-state index contributed by atoms with van der Waals surface area (Å²) < 4.78 is 31.8. The fourth-order valence-corrected chi connectivity index (χ4v) is 4.32. The van der Waals surface area contributed by atoms with Crippen LogP contribution in [0.25, 0.3) is 0 Å². The number of aliphatic hydroxyl groups excluding tert-OH is 1. The normalized spacial score (nSPS) is 18.0. The molecule has 1 aromatic rings. The highest BCUT2D eigenvalue weighted by atomic mass is 35.5. The molecule has 0 spiro atoms. The number of hydrogen-bond donors (Lipinski definition) is 1. The predicted octanol–water partition coefficient (Wildman–Crippen LogP) is 1.88. The Labute approximate surface area is 130 Å². The first kappa shape index (κ1) is 16.7. The molecular weight excluding hydrogens is 314 g/mol. The van der Waals surface area contributed by atoms with Crippen molar-refractivity contribution in [3.05, 3.63) is 28.8 Å². The van der Waals surface area contributed by atoms with Gasteiger partial charge in [0.1, 0.15) is 0 Å². The molecule has 118 valence electrons. The molecular formula is C14H20ClNO4S. The van der Waals surface area contributed by atoms with E-state index < -0.39 is 10.0 Å². The molecule has 2 rings (SSSR count). The van der Waals surface area contributed by atoms with Crippen LogP contribution in [0.2, 0.25) is 5.02 Å². The molecule has 1 N–H and O–H groups in total. The maximum Gasteiger partial charge on any atom is 0.243 e. The number of sulfonamides is 1. The van der Waals surface area contributed by atoms with Crippen LogP contribution in [0.15, 0.2) is 23.1 Å². The van der Waals surface area contributed by atoms with Gasteiger partial charge in [-0.25, -0.2) is 8.42 Å². The number of nitrogens with zero attached hydrogens (tertiary/aromatic N) is 1. The van der Waals surface area contributed by atoms with E-state index in [2.05, 4.69) is 0 Å². The zero-order chi connectivity index (χ0) is 15.5. The van der Waals surface area contributed by atoms with Crippen molar-refractivity contribution in [1.29, 1.82) is 0 Å². The second kappa shape index (κ2) is 7.07. The number of methoxy groups -OCH3 is 1. The SMILES string of the molecule is COCC1CCN(S(=O)(=O)c2ccc(CO)c(Cl)c2)CC1. The highest BCUT2D eigenvalue weighted by Crippen LogP contribution is 2.27. The van der Waals surface area contributed by atoms with E-state index in [1.54, 1.807) is 13.2 Å². The van der Waals surface area contributed by atoms with Crippen LogP contribution in [0.1, 0.15) is 18.4 Å². The third kappa shape index (κ3) is 3.76. The lowest BCUT2D eigenvalue weighted by molar-refractivity contribution is 0.121. The van der Waals surface area contributed by atoms with Gasteiger partial charge in [0.15, 0.2) is 0 Å². The van der Waals surface area contributed by atoms with Crippen molar-refractivity contribution < 1.29 is 18.3 Å². The molecule has 0 aromatic heterocycles. The molecule has 0 radical (unpaired) electrons. The van der Waals surface area contributed by atoms with Crippen LogP contribution >= 0.6 is 11.6 Å².